The van der Waals surface area contributed by atoms with Crippen LogP contribution in [0.25, 0.3) is 0 Å². The Labute approximate surface area is 187 Å². The highest BCUT2D eigenvalue weighted by Crippen LogP contribution is 2.26. The molecule has 0 N–H and O–H groups in total. The van der Waals surface area contributed by atoms with Gasteiger partial charge in [0.05, 0.1) is 7.11 Å². The number of methoxy groups -OCH3 is 1. The van der Waals surface area contributed by atoms with Gasteiger partial charge in [-0.05, 0) is 25.7 Å². The number of aromatic nitrogens is 1. The third-order valence-electron chi connectivity index (χ3n) is 6.44. The average molecular weight is 446 g/mol. The van der Waals surface area contributed by atoms with Crippen LogP contribution in [0.5, 0.6) is 5.75 Å². The Morgan fingerprint density at radius 2 is 1.84 bits per heavy atom. The first-order chi connectivity index (χ1) is 15.1. The Kier molecular flexibility index (Phi) is 7.05. The summed E-state index contributed by atoms with van der Waals surface area (Å²) in [6.45, 7) is 2.79. The number of hydrogen-bond donors (Lipinski definition) is 0. The highest BCUT2D eigenvalue weighted by Gasteiger charge is 2.30. The molecule has 7 nitrogen and oxygen atoms in total. The summed E-state index contributed by atoms with van der Waals surface area (Å²) in [7, 11) is 1.50. The van der Waals surface area contributed by atoms with E-state index in [1.807, 2.05) is 21.6 Å². The number of nitrogens with zero attached hydrogens (tertiary/aromatic N) is 3. The molecular formula is C23H31N3O4S. The van der Waals surface area contributed by atoms with Crippen LogP contribution in [0.3, 0.4) is 0 Å². The van der Waals surface area contributed by atoms with Crippen LogP contribution in [-0.2, 0) is 17.8 Å². The summed E-state index contributed by atoms with van der Waals surface area (Å²) in [5.74, 6) is 2.21. The summed E-state index contributed by atoms with van der Waals surface area (Å²) < 4.78 is 7.13. The van der Waals surface area contributed by atoms with Crippen LogP contribution in [0, 0.1) is 0 Å². The van der Waals surface area contributed by atoms with Gasteiger partial charge in [0, 0.05) is 68.8 Å². The third-order valence-corrected chi connectivity index (χ3v) is 7.38. The minimum absolute atomic E-state index is 0.0759. The first kappa shape index (κ1) is 22.0. The minimum Gasteiger partial charge on any atom is -0.496 e. The maximum absolute atomic E-state index is 13.4. The molecule has 0 saturated carbocycles. The Morgan fingerprint density at radius 1 is 1.03 bits per heavy atom. The monoisotopic (exact) mass is 445 g/mol. The Balaban J connectivity index is 1.58. The van der Waals surface area contributed by atoms with E-state index >= 15 is 0 Å². The van der Waals surface area contributed by atoms with E-state index in [1.54, 1.807) is 4.57 Å². The smallest absolute Gasteiger partial charge is 0.259 e. The summed E-state index contributed by atoms with van der Waals surface area (Å²) in [6.07, 6.45) is 7.56. The summed E-state index contributed by atoms with van der Waals surface area (Å²) in [6, 6.07) is 1.42. The Morgan fingerprint density at radius 3 is 2.55 bits per heavy atom. The van der Waals surface area contributed by atoms with Gasteiger partial charge in [0.2, 0.25) is 5.91 Å². The third kappa shape index (κ3) is 4.84. The lowest BCUT2D eigenvalue weighted by molar-refractivity contribution is -0.130. The van der Waals surface area contributed by atoms with Crippen molar-refractivity contribution in [3.63, 3.8) is 0 Å². The molecule has 31 heavy (non-hydrogen) atoms. The zero-order valence-corrected chi connectivity index (χ0v) is 19.0. The molecule has 8 heteroatoms. The number of fused-ring (bicyclic) bond motifs is 1. The normalized spacial score (nSPS) is 19.3. The molecule has 3 heterocycles. The molecule has 1 aliphatic carbocycles. The number of thioether (sulfide) groups is 1. The second-order valence-electron chi connectivity index (χ2n) is 8.34. The quantitative estimate of drug-likeness (QED) is 0.665. The van der Waals surface area contributed by atoms with Gasteiger partial charge < -0.3 is 19.1 Å². The first-order valence-electron chi connectivity index (χ1n) is 11.2. The van der Waals surface area contributed by atoms with Gasteiger partial charge in [0.25, 0.3) is 11.5 Å². The van der Waals surface area contributed by atoms with Gasteiger partial charge in [-0.25, -0.2) is 0 Å². The van der Waals surface area contributed by atoms with Gasteiger partial charge in [0.1, 0.15) is 11.3 Å². The summed E-state index contributed by atoms with van der Waals surface area (Å²) >= 11 is 1.84. The van der Waals surface area contributed by atoms with Crippen molar-refractivity contribution in [2.45, 2.75) is 45.1 Å². The van der Waals surface area contributed by atoms with E-state index < -0.39 is 0 Å². The van der Waals surface area contributed by atoms with Crippen LogP contribution in [0.4, 0.5) is 0 Å². The summed E-state index contributed by atoms with van der Waals surface area (Å²) in [5, 5.41) is 0. The van der Waals surface area contributed by atoms with Crippen molar-refractivity contribution >= 4 is 23.6 Å². The Hall–Kier alpha value is -2.22. The van der Waals surface area contributed by atoms with E-state index in [1.165, 1.54) is 25.2 Å². The number of pyridine rings is 1. The number of rotatable bonds is 4. The average Bonchev–Trinajstić information content (AvgIpc) is 3.03. The highest BCUT2D eigenvalue weighted by molar-refractivity contribution is 7.99. The molecule has 2 aliphatic heterocycles. The first-order valence-corrected chi connectivity index (χ1v) is 12.4. The van der Waals surface area contributed by atoms with Crippen molar-refractivity contribution in [3.05, 3.63) is 39.3 Å². The van der Waals surface area contributed by atoms with E-state index in [4.69, 9.17) is 4.74 Å². The molecular weight excluding hydrogens is 414 g/mol. The van der Waals surface area contributed by atoms with Crippen molar-refractivity contribution in [1.82, 2.24) is 14.4 Å². The number of allylic oxidation sites excluding steroid dienone is 1. The van der Waals surface area contributed by atoms with Crippen LogP contribution >= 0.6 is 11.8 Å². The van der Waals surface area contributed by atoms with E-state index in [2.05, 4.69) is 6.08 Å². The fourth-order valence-electron chi connectivity index (χ4n) is 4.69. The maximum atomic E-state index is 13.4. The van der Waals surface area contributed by atoms with Crippen molar-refractivity contribution in [1.29, 1.82) is 0 Å². The van der Waals surface area contributed by atoms with E-state index in [0.29, 0.717) is 62.6 Å². The molecule has 1 saturated heterocycles. The molecule has 1 aromatic rings. The maximum Gasteiger partial charge on any atom is 0.259 e. The van der Waals surface area contributed by atoms with Crippen LogP contribution in [-0.4, -0.2) is 71.0 Å². The molecule has 0 aromatic carbocycles. The van der Waals surface area contributed by atoms with Crippen molar-refractivity contribution < 1.29 is 14.3 Å². The molecule has 168 valence electrons. The number of carbonyl (C=O) groups is 2. The standard InChI is InChI=1S/C23H31N3O4S/c1-30-19-16-21(28)26-10-9-24(20(27)15-17-5-3-2-4-6-17)8-7-18(26)22(19)23(29)25-11-13-31-14-12-25/h5,16H,2-4,6-15H2,1H3. The number of hydrogen-bond acceptors (Lipinski definition) is 5. The lowest BCUT2D eigenvalue weighted by Gasteiger charge is -2.28. The summed E-state index contributed by atoms with van der Waals surface area (Å²) in [4.78, 5) is 42.8. The van der Waals surface area contributed by atoms with Gasteiger partial charge in [-0.15, -0.1) is 0 Å². The largest absolute Gasteiger partial charge is 0.496 e. The van der Waals surface area contributed by atoms with E-state index in [9.17, 15) is 14.4 Å². The molecule has 0 bridgehead atoms. The molecule has 1 fully saturated rings. The topological polar surface area (TPSA) is 71.8 Å². The predicted molar refractivity (Wildman–Crippen MR) is 122 cm³/mol. The SMILES string of the molecule is COc1cc(=O)n2c(c1C(=O)N1CCSCC1)CCN(C(=O)CC1=CCCCC1)CC2. The van der Waals surface area contributed by atoms with Gasteiger partial charge in [-0.3, -0.25) is 14.4 Å². The second kappa shape index (κ2) is 9.94. The zero-order valence-electron chi connectivity index (χ0n) is 18.2. The van der Waals surface area contributed by atoms with Gasteiger partial charge >= 0.3 is 0 Å². The van der Waals surface area contributed by atoms with Crippen molar-refractivity contribution in [2.24, 2.45) is 0 Å². The van der Waals surface area contributed by atoms with Crippen LogP contribution in [0.15, 0.2) is 22.5 Å². The fourth-order valence-corrected chi connectivity index (χ4v) is 5.59. The lowest BCUT2D eigenvalue weighted by Crippen LogP contribution is -2.39. The number of amides is 2. The molecule has 0 radical (unpaired) electrons. The molecule has 0 atom stereocenters. The van der Waals surface area contributed by atoms with Crippen molar-refractivity contribution in [2.75, 3.05) is 44.8 Å². The zero-order chi connectivity index (χ0) is 21.8. The van der Waals surface area contributed by atoms with E-state index in [0.717, 1.165) is 30.8 Å². The second-order valence-corrected chi connectivity index (χ2v) is 9.57. The van der Waals surface area contributed by atoms with Crippen LogP contribution in [0.1, 0.15) is 48.2 Å². The molecule has 1 aromatic heterocycles. The van der Waals surface area contributed by atoms with E-state index in [-0.39, 0.29) is 17.4 Å². The molecule has 0 unspecified atom stereocenters. The molecule has 3 aliphatic rings. The van der Waals surface area contributed by atoms with Gasteiger partial charge in [-0.2, -0.15) is 11.8 Å². The minimum atomic E-state index is -0.179. The van der Waals surface area contributed by atoms with Crippen LogP contribution < -0.4 is 10.3 Å². The number of ether oxygens (including phenoxy) is 1. The van der Waals surface area contributed by atoms with Gasteiger partial charge in [0.15, 0.2) is 0 Å². The predicted octanol–water partition coefficient (Wildman–Crippen LogP) is 2.32. The lowest BCUT2D eigenvalue weighted by atomic mass is 9.97. The molecule has 0 spiro atoms. The summed E-state index contributed by atoms with van der Waals surface area (Å²) in [5.41, 5.74) is 2.23. The fraction of sp³-hybridized carbons (Fsp3) is 0.609. The van der Waals surface area contributed by atoms with Crippen LogP contribution in [0.2, 0.25) is 0 Å². The Bertz CT molecular complexity index is 933. The highest BCUT2D eigenvalue weighted by atomic mass is 32.2. The van der Waals surface area contributed by atoms with Crippen molar-refractivity contribution in [3.8, 4) is 5.75 Å². The molecule has 4 rings (SSSR count). The van der Waals surface area contributed by atoms with Gasteiger partial charge in [-0.1, -0.05) is 11.6 Å². The molecule has 2 amide bonds. The number of carbonyl (C=O) groups excluding carboxylic acids is 2.